The van der Waals surface area contributed by atoms with Gasteiger partial charge in [-0.3, -0.25) is 9.69 Å². The molecule has 0 aliphatic carbocycles. The van der Waals surface area contributed by atoms with Gasteiger partial charge in [0.2, 0.25) is 5.91 Å². The molecule has 3 N–H and O–H groups in total. The summed E-state index contributed by atoms with van der Waals surface area (Å²) < 4.78 is 0. The van der Waals surface area contributed by atoms with Gasteiger partial charge in [0.05, 0.1) is 12.1 Å². The highest BCUT2D eigenvalue weighted by Crippen LogP contribution is 2.15. The van der Waals surface area contributed by atoms with Crippen LogP contribution in [0.4, 0.5) is 0 Å². The number of carboxylic acid groups (broad SMARTS) is 1. The van der Waals surface area contributed by atoms with Crippen LogP contribution in [-0.4, -0.2) is 58.3 Å². The van der Waals surface area contributed by atoms with Crippen LogP contribution in [0.5, 0.6) is 0 Å². The van der Waals surface area contributed by atoms with E-state index in [0.717, 1.165) is 0 Å². The Balaban J connectivity index is 4.88. The third-order valence-electron chi connectivity index (χ3n) is 3.41. The number of aliphatic hydroxyl groups is 1. The molecular formula is C14H28N2O4. The number of amides is 1. The molecule has 0 aromatic rings. The summed E-state index contributed by atoms with van der Waals surface area (Å²) >= 11 is 0. The van der Waals surface area contributed by atoms with Gasteiger partial charge in [-0.25, -0.2) is 4.79 Å². The Morgan fingerprint density at radius 2 is 1.85 bits per heavy atom. The molecule has 6 nitrogen and oxygen atoms in total. The van der Waals surface area contributed by atoms with E-state index in [2.05, 4.69) is 5.32 Å². The monoisotopic (exact) mass is 288 g/mol. The van der Waals surface area contributed by atoms with Crippen molar-refractivity contribution in [1.82, 2.24) is 10.2 Å². The quantitative estimate of drug-likeness (QED) is 0.581. The second-order valence-electron chi connectivity index (χ2n) is 5.86. The highest BCUT2D eigenvalue weighted by Gasteiger charge is 2.35. The molecule has 0 fully saturated rings. The Morgan fingerprint density at radius 3 is 2.20 bits per heavy atom. The SMILES string of the molecule is CCN(CCO)C(C)(C)C(=O)NC(CC(C)C)C(=O)O. The lowest BCUT2D eigenvalue weighted by molar-refractivity contribution is -0.144. The maximum absolute atomic E-state index is 12.3. The van der Waals surface area contributed by atoms with Crippen LogP contribution in [0.2, 0.25) is 0 Å². The van der Waals surface area contributed by atoms with Gasteiger partial charge in [-0.1, -0.05) is 20.8 Å². The average Bonchev–Trinajstić information content (AvgIpc) is 2.33. The highest BCUT2D eigenvalue weighted by atomic mass is 16.4. The zero-order valence-corrected chi connectivity index (χ0v) is 13.1. The summed E-state index contributed by atoms with van der Waals surface area (Å²) in [6, 6.07) is -0.880. The Bertz CT molecular complexity index is 329. The number of carboxylic acids is 1. The molecule has 0 aromatic heterocycles. The summed E-state index contributed by atoms with van der Waals surface area (Å²) in [5, 5.41) is 20.8. The van der Waals surface area contributed by atoms with E-state index in [1.807, 2.05) is 25.7 Å². The molecule has 0 saturated carbocycles. The Morgan fingerprint density at radius 1 is 1.30 bits per heavy atom. The first-order valence-corrected chi connectivity index (χ1v) is 7.06. The summed E-state index contributed by atoms with van der Waals surface area (Å²) in [7, 11) is 0. The van der Waals surface area contributed by atoms with Gasteiger partial charge in [0.25, 0.3) is 0 Å². The number of nitrogens with zero attached hydrogens (tertiary/aromatic N) is 1. The van der Waals surface area contributed by atoms with E-state index in [1.54, 1.807) is 13.8 Å². The fraction of sp³-hybridized carbons (Fsp3) is 0.857. The van der Waals surface area contributed by atoms with Crippen molar-refractivity contribution >= 4 is 11.9 Å². The predicted octanol–water partition coefficient (Wildman–Crippen LogP) is 0.695. The van der Waals surface area contributed by atoms with Crippen molar-refractivity contribution in [3.63, 3.8) is 0 Å². The van der Waals surface area contributed by atoms with E-state index in [1.165, 1.54) is 0 Å². The number of hydrogen-bond donors (Lipinski definition) is 3. The summed E-state index contributed by atoms with van der Waals surface area (Å²) in [5.41, 5.74) is -0.859. The van der Waals surface area contributed by atoms with E-state index in [0.29, 0.717) is 19.5 Å². The molecule has 6 heteroatoms. The third kappa shape index (κ3) is 5.46. The molecule has 0 spiro atoms. The fourth-order valence-electron chi connectivity index (χ4n) is 2.12. The van der Waals surface area contributed by atoms with Crippen molar-refractivity contribution in [1.29, 1.82) is 0 Å². The lowest BCUT2D eigenvalue weighted by atomic mass is 9.98. The van der Waals surface area contributed by atoms with Gasteiger partial charge in [-0.15, -0.1) is 0 Å². The van der Waals surface area contributed by atoms with Crippen molar-refractivity contribution < 1.29 is 19.8 Å². The van der Waals surface area contributed by atoms with Crippen molar-refractivity contribution in [3.8, 4) is 0 Å². The molecule has 0 rings (SSSR count). The minimum atomic E-state index is -1.02. The average molecular weight is 288 g/mol. The number of hydrogen-bond acceptors (Lipinski definition) is 4. The normalized spacial score (nSPS) is 13.6. The molecule has 20 heavy (non-hydrogen) atoms. The molecule has 0 aromatic carbocycles. The van der Waals surface area contributed by atoms with E-state index >= 15 is 0 Å². The minimum absolute atomic E-state index is 0.0428. The molecule has 0 saturated heterocycles. The molecule has 0 aliphatic rings. The number of rotatable bonds is 9. The second-order valence-corrected chi connectivity index (χ2v) is 5.86. The second kappa shape index (κ2) is 8.21. The van der Waals surface area contributed by atoms with Crippen LogP contribution in [-0.2, 0) is 9.59 Å². The molecule has 0 heterocycles. The maximum atomic E-state index is 12.3. The fourth-order valence-corrected chi connectivity index (χ4v) is 2.12. The first-order chi connectivity index (χ1) is 9.16. The molecule has 1 unspecified atom stereocenters. The Kier molecular flexibility index (Phi) is 7.75. The smallest absolute Gasteiger partial charge is 0.326 e. The molecule has 1 atom stereocenters. The van der Waals surface area contributed by atoms with Gasteiger partial charge >= 0.3 is 5.97 Å². The lowest BCUT2D eigenvalue weighted by Gasteiger charge is -2.37. The van der Waals surface area contributed by atoms with Crippen molar-refractivity contribution in [2.24, 2.45) is 5.92 Å². The Labute approximate surface area is 121 Å². The molecule has 0 aliphatic heterocycles. The topological polar surface area (TPSA) is 89.9 Å². The number of aliphatic carboxylic acids is 1. The van der Waals surface area contributed by atoms with Gasteiger partial charge in [-0.2, -0.15) is 0 Å². The van der Waals surface area contributed by atoms with Crippen LogP contribution in [0.15, 0.2) is 0 Å². The van der Waals surface area contributed by atoms with Crippen LogP contribution in [0.1, 0.15) is 41.0 Å². The number of carbonyl (C=O) groups excluding carboxylic acids is 1. The first-order valence-electron chi connectivity index (χ1n) is 7.06. The van der Waals surface area contributed by atoms with E-state index in [-0.39, 0.29) is 18.4 Å². The third-order valence-corrected chi connectivity index (χ3v) is 3.41. The van der Waals surface area contributed by atoms with Crippen LogP contribution in [0.3, 0.4) is 0 Å². The number of carbonyl (C=O) groups is 2. The predicted molar refractivity (Wildman–Crippen MR) is 77.4 cm³/mol. The van der Waals surface area contributed by atoms with E-state index < -0.39 is 17.6 Å². The number of β-amino-alcohol motifs (C(OH)–C–C–N with tert-alkyl or cyclic N) is 1. The number of nitrogens with one attached hydrogen (secondary N) is 1. The molecule has 118 valence electrons. The number of likely N-dealkylation sites (N-methyl/N-ethyl adjacent to an activating group) is 1. The molecule has 0 radical (unpaired) electrons. The first kappa shape index (κ1) is 18.9. The molecule has 1 amide bonds. The zero-order valence-electron chi connectivity index (χ0n) is 13.1. The molecular weight excluding hydrogens is 260 g/mol. The summed E-state index contributed by atoms with van der Waals surface area (Å²) in [5.74, 6) is -1.17. The summed E-state index contributed by atoms with van der Waals surface area (Å²) in [6.07, 6.45) is 0.392. The van der Waals surface area contributed by atoms with Crippen LogP contribution < -0.4 is 5.32 Å². The summed E-state index contributed by atoms with van der Waals surface area (Å²) in [4.78, 5) is 25.3. The minimum Gasteiger partial charge on any atom is -0.480 e. The van der Waals surface area contributed by atoms with Crippen LogP contribution >= 0.6 is 0 Å². The van der Waals surface area contributed by atoms with E-state index in [9.17, 15) is 9.59 Å². The van der Waals surface area contributed by atoms with Crippen molar-refractivity contribution in [2.45, 2.75) is 52.6 Å². The van der Waals surface area contributed by atoms with E-state index in [4.69, 9.17) is 10.2 Å². The maximum Gasteiger partial charge on any atom is 0.326 e. The van der Waals surface area contributed by atoms with Crippen molar-refractivity contribution in [3.05, 3.63) is 0 Å². The van der Waals surface area contributed by atoms with Gasteiger partial charge in [0.15, 0.2) is 0 Å². The molecule has 0 bridgehead atoms. The standard InChI is InChI=1S/C14H28N2O4/c1-6-16(7-8-17)14(4,5)13(20)15-11(12(18)19)9-10(2)3/h10-11,17H,6-9H2,1-5H3,(H,15,20)(H,18,19). The summed E-state index contributed by atoms with van der Waals surface area (Å²) in [6.45, 7) is 10.1. The zero-order chi connectivity index (χ0) is 15.9. The number of aliphatic hydroxyl groups excluding tert-OH is 1. The van der Waals surface area contributed by atoms with Crippen molar-refractivity contribution in [2.75, 3.05) is 19.7 Å². The van der Waals surface area contributed by atoms with Crippen LogP contribution in [0.25, 0.3) is 0 Å². The largest absolute Gasteiger partial charge is 0.480 e. The van der Waals surface area contributed by atoms with Gasteiger partial charge in [0.1, 0.15) is 6.04 Å². The Hall–Kier alpha value is -1.14. The van der Waals surface area contributed by atoms with Crippen LogP contribution in [0, 0.1) is 5.92 Å². The van der Waals surface area contributed by atoms with Gasteiger partial charge in [0, 0.05) is 6.54 Å². The van der Waals surface area contributed by atoms with Gasteiger partial charge < -0.3 is 15.5 Å². The highest BCUT2D eigenvalue weighted by molar-refractivity contribution is 5.89. The lowest BCUT2D eigenvalue weighted by Crippen LogP contribution is -2.58. The van der Waals surface area contributed by atoms with Gasteiger partial charge in [-0.05, 0) is 32.7 Å².